The average molecular weight is 566 g/mol. The molecule has 11 nitrogen and oxygen atoms in total. The maximum Gasteiger partial charge on any atom is 0.259 e. The molecule has 1 unspecified atom stereocenters. The van der Waals surface area contributed by atoms with Gasteiger partial charge in [0.1, 0.15) is 10.7 Å². The molecule has 0 aliphatic carbocycles. The van der Waals surface area contributed by atoms with Gasteiger partial charge < -0.3 is 24.3 Å². The first-order valence-corrected chi connectivity index (χ1v) is 14.2. The van der Waals surface area contributed by atoms with Crippen molar-refractivity contribution >= 4 is 44.3 Å². The van der Waals surface area contributed by atoms with E-state index in [-0.39, 0.29) is 36.5 Å². The van der Waals surface area contributed by atoms with Gasteiger partial charge in [-0.2, -0.15) is 4.31 Å². The number of halogens is 1. The Balaban J connectivity index is 1.43. The second kappa shape index (κ2) is 9.83. The summed E-state index contributed by atoms with van der Waals surface area (Å²) in [7, 11) is 0.938. The number of hydrogen-bond donors (Lipinski definition) is 1. The average Bonchev–Trinajstić information content (AvgIpc) is 3.42. The monoisotopic (exact) mass is 565 g/mol. The molecule has 1 aromatic heterocycles. The van der Waals surface area contributed by atoms with Gasteiger partial charge in [-0.25, -0.2) is 8.42 Å². The molecule has 1 N–H and O–H groups in total. The van der Waals surface area contributed by atoms with Gasteiger partial charge in [-0.3, -0.25) is 14.5 Å². The molecule has 2 aromatic rings. The minimum absolute atomic E-state index is 0.00915. The number of hydrogen-bond acceptors (Lipinski definition) is 7. The molecule has 1 atom stereocenters. The third-order valence-electron chi connectivity index (χ3n) is 8.24. The fraction of sp³-hybridized carbons (Fsp3) is 0.520. The third kappa shape index (κ3) is 4.28. The SMILES string of the molecule is CO/C=C\C(=O)N1CCC2(CC1)CN1C(=O)CN(S(=O)(=O)c3cc4cc(Cl)ccc4[nH]3)CC1(COC)N2C. The Labute approximate surface area is 226 Å². The summed E-state index contributed by atoms with van der Waals surface area (Å²) in [6, 6.07) is 6.65. The number of rotatable bonds is 6. The Hall–Kier alpha value is -2.64. The molecule has 1 aromatic carbocycles. The van der Waals surface area contributed by atoms with E-state index in [1.165, 1.54) is 23.8 Å². The zero-order valence-electron chi connectivity index (χ0n) is 21.6. The highest BCUT2D eigenvalue weighted by molar-refractivity contribution is 7.89. The number of likely N-dealkylation sites (N-methyl/N-ethyl adjacent to an activating group) is 1. The number of methoxy groups -OCH3 is 2. The molecule has 3 fully saturated rings. The fourth-order valence-corrected chi connectivity index (χ4v) is 7.73. The van der Waals surface area contributed by atoms with Crippen molar-refractivity contribution in [3.05, 3.63) is 41.6 Å². The largest absolute Gasteiger partial charge is 0.504 e. The van der Waals surface area contributed by atoms with E-state index >= 15 is 0 Å². The summed E-state index contributed by atoms with van der Waals surface area (Å²) in [6.45, 7) is 1.41. The van der Waals surface area contributed by atoms with E-state index in [1.54, 1.807) is 41.2 Å². The zero-order valence-corrected chi connectivity index (χ0v) is 23.2. The minimum atomic E-state index is -4.03. The molecular weight excluding hydrogens is 534 g/mol. The third-order valence-corrected chi connectivity index (χ3v) is 10.2. The van der Waals surface area contributed by atoms with Crippen LogP contribution in [0.3, 0.4) is 0 Å². The molecule has 2 amide bonds. The predicted molar refractivity (Wildman–Crippen MR) is 141 cm³/mol. The second-order valence-electron chi connectivity index (χ2n) is 10.2. The van der Waals surface area contributed by atoms with Crippen LogP contribution in [0.2, 0.25) is 5.02 Å². The minimum Gasteiger partial charge on any atom is -0.504 e. The van der Waals surface area contributed by atoms with E-state index in [4.69, 9.17) is 21.1 Å². The van der Waals surface area contributed by atoms with Gasteiger partial charge in [0.25, 0.3) is 10.0 Å². The number of piperidine rings is 1. The number of benzene rings is 1. The van der Waals surface area contributed by atoms with Gasteiger partial charge >= 0.3 is 0 Å². The normalized spacial score (nSPS) is 24.6. The standard InChI is InChI=1S/C25H32ClN5O6S/c1-28-24(7-9-29(10-8-24)22(32)6-11-36-2)15-31-23(33)14-30(16-25(28,31)17-37-3)38(34,35)21-13-18-12-19(26)4-5-20(18)27-21/h4-6,11-13,27H,7-10,14-17H2,1-3H3/b11-6-. The van der Waals surface area contributed by atoms with Crippen LogP contribution in [-0.2, 0) is 29.1 Å². The molecule has 0 bridgehead atoms. The number of sulfonamides is 1. The number of piperazine rings is 1. The summed E-state index contributed by atoms with van der Waals surface area (Å²) < 4.78 is 39.2. The van der Waals surface area contributed by atoms with Crippen LogP contribution in [0.15, 0.2) is 41.6 Å². The van der Waals surface area contributed by atoms with Crippen molar-refractivity contribution in [1.82, 2.24) is 24.0 Å². The molecule has 38 heavy (non-hydrogen) atoms. The zero-order chi connectivity index (χ0) is 27.3. The molecule has 5 rings (SSSR count). The van der Waals surface area contributed by atoms with Crippen LogP contribution in [0.1, 0.15) is 12.8 Å². The Morgan fingerprint density at radius 1 is 1.18 bits per heavy atom. The lowest BCUT2D eigenvalue weighted by molar-refractivity contribution is -0.152. The van der Waals surface area contributed by atoms with Gasteiger partial charge in [-0.1, -0.05) is 11.6 Å². The molecule has 3 saturated heterocycles. The molecule has 4 heterocycles. The van der Waals surface area contributed by atoms with Gasteiger partial charge in [0.2, 0.25) is 11.8 Å². The number of amides is 2. The summed E-state index contributed by atoms with van der Waals surface area (Å²) >= 11 is 6.09. The van der Waals surface area contributed by atoms with Gasteiger partial charge in [0.05, 0.1) is 33.1 Å². The van der Waals surface area contributed by atoms with Gasteiger partial charge in [0.15, 0.2) is 0 Å². The van der Waals surface area contributed by atoms with Crippen LogP contribution in [0.25, 0.3) is 10.9 Å². The van der Waals surface area contributed by atoms with Crippen LogP contribution in [0.5, 0.6) is 0 Å². The van der Waals surface area contributed by atoms with E-state index in [9.17, 15) is 18.0 Å². The summed E-state index contributed by atoms with van der Waals surface area (Å²) in [5, 5.41) is 1.18. The molecular formula is C25H32ClN5O6S. The smallest absolute Gasteiger partial charge is 0.259 e. The number of carbonyl (C=O) groups excluding carboxylic acids is 2. The van der Waals surface area contributed by atoms with Crippen molar-refractivity contribution in [2.24, 2.45) is 0 Å². The van der Waals surface area contributed by atoms with Crippen molar-refractivity contribution < 1.29 is 27.5 Å². The molecule has 206 valence electrons. The van der Waals surface area contributed by atoms with Crippen LogP contribution in [-0.4, -0.2) is 116 Å². The van der Waals surface area contributed by atoms with Gasteiger partial charge in [0, 0.05) is 54.3 Å². The number of aromatic nitrogens is 1. The Morgan fingerprint density at radius 3 is 2.61 bits per heavy atom. The second-order valence-corrected chi connectivity index (χ2v) is 12.5. The van der Waals surface area contributed by atoms with E-state index < -0.39 is 21.2 Å². The first-order chi connectivity index (χ1) is 18.1. The van der Waals surface area contributed by atoms with Crippen LogP contribution in [0.4, 0.5) is 0 Å². The lowest BCUT2D eigenvalue weighted by Gasteiger charge is -2.50. The highest BCUT2D eigenvalue weighted by Gasteiger charge is 2.63. The number of H-pyrrole nitrogens is 1. The van der Waals surface area contributed by atoms with Gasteiger partial charge in [-0.15, -0.1) is 0 Å². The number of ether oxygens (including phenoxy) is 2. The quantitative estimate of drug-likeness (QED) is 0.416. The lowest BCUT2D eigenvalue weighted by atomic mass is 9.86. The topological polar surface area (TPSA) is 115 Å². The maximum atomic E-state index is 13.8. The van der Waals surface area contributed by atoms with E-state index in [0.717, 1.165) is 0 Å². The van der Waals surface area contributed by atoms with Crippen LogP contribution < -0.4 is 0 Å². The lowest BCUT2D eigenvalue weighted by Crippen LogP contribution is -2.70. The van der Waals surface area contributed by atoms with Gasteiger partial charge in [-0.05, 0) is 44.2 Å². The van der Waals surface area contributed by atoms with E-state index in [2.05, 4.69) is 9.88 Å². The Bertz CT molecular complexity index is 1390. The molecule has 13 heteroatoms. The number of fused-ring (bicyclic) bond motifs is 2. The summed E-state index contributed by atoms with van der Waals surface area (Å²) in [5.41, 5.74) is -0.745. The number of likely N-dealkylation sites (tertiary alicyclic amines) is 1. The number of nitrogens with zero attached hydrogens (tertiary/aromatic N) is 4. The van der Waals surface area contributed by atoms with Crippen LogP contribution >= 0.6 is 11.6 Å². The van der Waals surface area contributed by atoms with Crippen molar-refractivity contribution in [2.45, 2.75) is 29.1 Å². The summed E-state index contributed by atoms with van der Waals surface area (Å²) in [5.74, 6) is -0.402. The van der Waals surface area contributed by atoms with Crippen molar-refractivity contribution in [3.8, 4) is 0 Å². The highest BCUT2D eigenvalue weighted by Crippen LogP contribution is 2.45. The molecule has 3 aliphatic heterocycles. The summed E-state index contributed by atoms with van der Waals surface area (Å²) in [4.78, 5) is 34.6. The first-order valence-electron chi connectivity index (χ1n) is 12.4. The predicted octanol–water partition coefficient (Wildman–Crippen LogP) is 1.46. The first kappa shape index (κ1) is 26.9. The molecule has 3 aliphatic rings. The van der Waals surface area contributed by atoms with E-state index in [1.807, 2.05) is 7.05 Å². The number of carbonyl (C=O) groups is 2. The van der Waals surface area contributed by atoms with Crippen molar-refractivity contribution in [1.29, 1.82) is 0 Å². The maximum absolute atomic E-state index is 13.8. The fourth-order valence-electron chi connectivity index (χ4n) is 6.10. The van der Waals surface area contributed by atoms with Crippen molar-refractivity contribution in [2.75, 3.05) is 60.6 Å². The Kier molecular flexibility index (Phi) is 6.97. The Morgan fingerprint density at radius 2 is 1.92 bits per heavy atom. The van der Waals surface area contributed by atoms with Crippen molar-refractivity contribution in [3.63, 3.8) is 0 Å². The molecule has 0 radical (unpaired) electrons. The number of nitrogens with one attached hydrogen (secondary N) is 1. The van der Waals surface area contributed by atoms with E-state index in [0.29, 0.717) is 48.4 Å². The van der Waals surface area contributed by atoms with Crippen LogP contribution in [0, 0.1) is 0 Å². The molecule has 1 spiro atoms. The highest BCUT2D eigenvalue weighted by atomic mass is 35.5. The summed E-state index contributed by atoms with van der Waals surface area (Å²) in [6.07, 6.45) is 4.04. The molecule has 0 saturated carbocycles. The number of aromatic amines is 1.